The van der Waals surface area contributed by atoms with Gasteiger partial charge in [-0.2, -0.15) is 0 Å². The smallest absolute Gasteiger partial charge is 0.134 e. The molecule has 54 valence electrons. The number of alkyl halides is 1. The number of aliphatic hydroxyl groups is 2. The fraction of sp³-hybridized carbons (Fsp3) is 1.00. The second-order valence-corrected chi connectivity index (χ2v) is 2.56. The van der Waals surface area contributed by atoms with Crippen LogP contribution < -0.4 is 0 Å². The average Bonchev–Trinajstić information content (AvgIpc) is 2.10. The third-order valence-corrected chi connectivity index (χ3v) is 1.64. The molecule has 1 aliphatic rings. The summed E-state index contributed by atoms with van der Waals surface area (Å²) in [6.07, 6.45) is -0.669. The first kappa shape index (κ1) is 7.28. The Labute approximate surface area is 58.2 Å². The highest BCUT2D eigenvalue weighted by atomic mass is 35.5. The molecule has 0 bridgehead atoms. The normalized spacial score (nSPS) is 43.7. The average molecular weight is 153 g/mol. The molecule has 1 heterocycles. The zero-order chi connectivity index (χ0) is 6.85. The van der Waals surface area contributed by atoms with Crippen molar-refractivity contribution >= 4 is 11.6 Å². The van der Waals surface area contributed by atoms with E-state index in [1.165, 1.54) is 0 Å². The first-order valence-electron chi connectivity index (χ1n) is 2.82. The van der Waals surface area contributed by atoms with Crippen LogP contribution in [0.4, 0.5) is 0 Å². The fourth-order valence-electron chi connectivity index (χ4n) is 0.842. The van der Waals surface area contributed by atoms with Gasteiger partial charge in [-0.3, -0.25) is 0 Å². The SMILES string of the molecule is OC[C@H]1O[C@@H](Cl)C[C@H]1O. The molecule has 1 aliphatic heterocycles. The van der Waals surface area contributed by atoms with Crippen molar-refractivity contribution in [3.05, 3.63) is 0 Å². The molecule has 0 aromatic rings. The summed E-state index contributed by atoms with van der Waals surface area (Å²) in [5.74, 6) is 0. The fourth-order valence-corrected chi connectivity index (χ4v) is 1.16. The lowest BCUT2D eigenvalue weighted by atomic mass is 10.2. The van der Waals surface area contributed by atoms with Crippen LogP contribution >= 0.6 is 11.6 Å². The largest absolute Gasteiger partial charge is 0.394 e. The first-order chi connectivity index (χ1) is 4.24. The van der Waals surface area contributed by atoms with Gasteiger partial charge in [-0.15, -0.1) is 0 Å². The molecule has 9 heavy (non-hydrogen) atoms. The van der Waals surface area contributed by atoms with Crippen LogP contribution in [-0.4, -0.2) is 34.6 Å². The Kier molecular flexibility index (Phi) is 2.29. The Hall–Kier alpha value is 0.170. The maximum Gasteiger partial charge on any atom is 0.134 e. The minimum Gasteiger partial charge on any atom is -0.394 e. The van der Waals surface area contributed by atoms with E-state index < -0.39 is 17.8 Å². The van der Waals surface area contributed by atoms with Crippen molar-refractivity contribution in [3.8, 4) is 0 Å². The number of hydrogen-bond donors (Lipinski definition) is 2. The molecule has 3 nitrogen and oxygen atoms in total. The van der Waals surface area contributed by atoms with Gasteiger partial charge in [0.05, 0.1) is 12.7 Å². The van der Waals surface area contributed by atoms with Crippen LogP contribution in [0.5, 0.6) is 0 Å². The number of aliphatic hydroxyl groups excluding tert-OH is 2. The summed E-state index contributed by atoms with van der Waals surface area (Å²) in [6.45, 7) is -0.162. The van der Waals surface area contributed by atoms with E-state index in [-0.39, 0.29) is 6.61 Å². The topological polar surface area (TPSA) is 49.7 Å². The molecule has 0 aromatic heterocycles. The predicted octanol–water partition coefficient (Wildman–Crippen LogP) is -0.307. The number of halogens is 1. The first-order valence-corrected chi connectivity index (χ1v) is 3.26. The summed E-state index contributed by atoms with van der Waals surface area (Å²) in [5.41, 5.74) is -0.433. The summed E-state index contributed by atoms with van der Waals surface area (Å²) in [6, 6.07) is 0. The zero-order valence-electron chi connectivity index (χ0n) is 4.83. The quantitative estimate of drug-likeness (QED) is 0.507. The van der Waals surface area contributed by atoms with Crippen LogP contribution in [0.2, 0.25) is 0 Å². The Balaban J connectivity index is 2.38. The van der Waals surface area contributed by atoms with E-state index in [9.17, 15) is 0 Å². The minimum atomic E-state index is -0.600. The summed E-state index contributed by atoms with van der Waals surface area (Å²) < 4.78 is 4.89. The molecular weight excluding hydrogens is 144 g/mol. The summed E-state index contributed by atoms with van der Waals surface area (Å²) in [5, 5.41) is 17.5. The van der Waals surface area contributed by atoms with Crippen LogP contribution in [0, 0.1) is 0 Å². The van der Waals surface area contributed by atoms with Gasteiger partial charge in [0.25, 0.3) is 0 Å². The standard InChI is InChI=1S/C5H9ClO3/c6-5-1-3(8)4(2-7)9-5/h3-5,7-8H,1-2H2/t3-,4-,5-/m1/s1. The minimum absolute atomic E-state index is 0.162. The van der Waals surface area contributed by atoms with Crippen molar-refractivity contribution in [2.45, 2.75) is 24.2 Å². The highest BCUT2D eigenvalue weighted by Crippen LogP contribution is 2.22. The van der Waals surface area contributed by atoms with E-state index >= 15 is 0 Å². The lowest BCUT2D eigenvalue weighted by Crippen LogP contribution is -2.24. The molecule has 0 saturated carbocycles. The second kappa shape index (κ2) is 2.84. The Morgan fingerprint density at radius 1 is 1.67 bits per heavy atom. The maximum absolute atomic E-state index is 8.99. The van der Waals surface area contributed by atoms with Gasteiger partial charge in [0, 0.05) is 6.42 Å². The highest BCUT2D eigenvalue weighted by molar-refractivity contribution is 6.19. The maximum atomic E-state index is 8.99. The van der Waals surface area contributed by atoms with Gasteiger partial charge in [-0.05, 0) is 0 Å². The molecule has 1 saturated heterocycles. The highest BCUT2D eigenvalue weighted by Gasteiger charge is 2.31. The van der Waals surface area contributed by atoms with E-state index in [0.717, 1.165) is 0 Å². The van der Waals surface area contributed by atoms with Gasteiger partial charge in [0.1, 0.15) is 11.7 Å². The van der Waals surface area contributed by atoms with Crippen molar-refractivity contribution < 1.29 is 14.9 Å². The van der Waals surface area contributed by atoms with E-state index in [4.69, 9.17) is 26.6 Å². The van der Waals surface area contributed by atoms with Gasteiger partial charge >= 0.3 is 0 Å². The third-order valence-electron chi connectivity index (χ3n) is 1.36. The van der Waals surface area contributed by atoms with E-state index in [2.05, 4.69) is 0 Å². The Morgan fingerprint density at radius 3 is 2.56 bits per heavy atom. The molecule has 0 aliphatic carbocycles. The molecule has 0 unspecified atom stereocenters. The van der Waals surface area contributed by atoms with Crippen LogP contribution in [0.3, 0.4) is 0 Å². The molecule has 1 rings (SSSR count). The Bertz CT molecular complexity index is 98.2. The van der Waals surface area contributed by atoms with Gasteiger partial charge in [0.2, 0.25) is 0 Å². The summed E-state index contributed by atoms with van der Waals surface area (Å²) in [4.78, 5) is 0. The molecule has 0 amide bonds. The predicted molar refractivity (Wildman–Crippen MR) is 32.2 cm³/mol. The Morgan fingerprint density at radius 2 is 2.33 bits per heavy atom. The molecule has 0 aromatic carbocycles. The number of hydrogen-bond acceptors (Lipinski definition) is 3. The molecule has 4 heteroatoms. The van der Waals surface area contributed by atoms with Crippen molar-refractivity contribution in [3.63, 3.8) is 0 Å². The lowest BCUT2D eigenvalue weighted by Gasteiger charge is -2.08. The number of ether oxygens (including phenoxy) is 1. The van der Waals surface area contributed by atoms with E-state index in [1.807, 2.05) is 0 Å². The molecule has 2 N–H and O–H groups in total. The van der Waals surface area contributed by atoms with Crippen molar-refractivity contribution in [2.75, 3.05) is 6.61 Å². The summed E-state index contributed by atoms with van der Waals surface area (Å²) in [7, 11) is 0. The van der Waals surface area contributed by atoms with E-state index in [1.54, 1.807) is 0 Å². The van der Waals surface area contributed by atoms with Crippen molar-refractivity contribution in [1.82, 2.24) is 0 Å². The third kappa shape index (κ3) is 1.55. The molecule has 0 radical (unpaired) electrons. The summed E-state index contributed by atoms with van der Waals surface area (Å²) >= 11 is 5.49. The zero-order valence-corrected chi connectivity index (χ0v) is 5.58. The second-order valence-electron chi connectivity index (χ2n) is 2.07. The lowest BCUT2D eigenvalue weighted by molar-refractivity contribution is -0.00394. The number of rotatable bonds is 1. The van der Waals surface area contributed by atoms with Gasteiger partial charge in [-0.25, -0.2) is 0 Å². The molecule has 3 atom stereocenters. The molecule has 1 fully saturated rings. The van der Waals surface area contributed by atoms with Crippen LogP contribution in [0.25, 0.3) is 0 Å². The van der Waals surface area contributed by atoms with Crippen LogP contribution in [0.1, 0.15) is 6.42 Å². The van der Waals surface area contributed by atoms with E-state index in [0.29, 0.717) is 6.42 Å². The van der Waals surface area contributed by atoms with Gasteiger partial charge < -0.3 is 14.9 Å². The van der Waals surface area contributed by atoms with Gasteiger partial charge in [0.15, 0.2) is 0 Å². The van der Waals surface area contributed by atoms with Crippen molar-refractivity contribution in [1.29, 1.82) is 0 Å². The van der Waals surface area contributed by atoms with Crippen LogP contribution in [0.15, 0.2) is 0 Å². The van der Waals surface area contributed by atoms with Gasteiger partial charge in [-0.1, -0.05) is 11.6 Å². The molecule has 0 spiro atoms. The monoisotopic (exact) mass is 152 g/mol. The molecular formula is C5H9ClO3. The van der Waals surface area contributed by atoms with Crippen molar-refractivity contribution in [2.24, 2.45) is 0 Å². The van der Waals surface area contributed by atoms with Crippen LogP contribution in [-0.2, 0) is 4.74 Å².